The number of aryl methyl sites for hydroxylation is 2. The zero-order chi connectivity index (χ0) is 12.0. The highest BCUT2D eigenvalue weighted by Gasteiger charge is 2.06. The quantitative estimate of drug-likeness (QED) is 0.647. The Morgan fingerprint density at radius 3 is 2.82 bits per heavy atom. The van der Waals surface area contributed by atoms with Gasteiger partial charge in [0.15, 0.2) is 5.82 Å². The van der Waals surface area contributed by atoms with Crippen molar-refractivity contribution in [1.29, 1.82) is 0 Å². The summed E-state index contributed by atoms with van der Waals surface area (Å²) in [5.74, 6) is 0.778. The van der Waals surface area contributed by atoms with E-state index in [1.807, 2.05) is 6.07 Å². The first-order chi connectivity index (χ1) is 8.15. The third kappa shape index (κ3) is 1.59. The minimum atomic E-state index is 0.477. The van der Waals surface area contributed by atoms with Gasteiger partial charge in [-0.2, -0.15) is 4.98 Å². The Balaban J connectivity index is 2.26. The van der Waals surface area contributed by atoms with Gasteiger partial charge in [-0.05, 0) is 42.9 Å². The van der Waals surface area contributed by atoms with E-state index in [9.17, 15) is 0 Å². The van der Waals surface area contributed by atoms with Crippen LogP contribution < -0.4 is 0 Å². The SMILES string of the molecule is Cc1cn(C)c2ccc(-c3nc(=S)[nH][nH]3)cc12. The molecule has 2 aromatic heterocycles. The number of fused-ring (bicyclic) bond motifs is 1. The third-order valence-electron chi connectivity index (χ3n) is 2.96. The first-order valence-electron chi connectivity index (χ1n) is 5.36. The summed E-state index contributed by atoms with van der Waals surface area (Å²) in [5.41, 5.74) is 3.53. The number of aromatic amines is 2. The van der Waals surface area contributed by atoms with Crippen molar-refractivity contribution in [2.75, 3.05) is 0 Å². The average Bonchev–Trinajstić information content (AvgIpc) is 2.85. The van der Waals surface area contributed by atoms with E-state index in [-0.39, 0.29) is 0 Å². The number of hydrogen-bond acceptors (Lipinski definition) is 2. The number of nitrogens with one attached hydrogen (secondary N) is 2. The molecule has 5 heteroatoms. The minimum Gasteiger partial charge on any atom is -0.350 e. The van der Waals surface area contributed by atoms with Gasteiger partial charge in [-0.1, -0.05) is 0 Å². The van der Waals surface area contributed by atoms with Gasteiger partial charge in [-0.3, -0.25) is 10.2 Å². The molecule has 0 spiro atoms. The van der Waals surface area contributed by atoms with Crippen LogP contribution in [0.25, 0.3) is 22.3 Å². The summed E-state index contributed by atoms with van der Waals surface area (Å²) < 4.78 is 2.60. The Hall–Kier alpha value is -1.88. The molecule has 0 radical (unpaired) electrons. The number of aromatic nitrogens is 4. The molecule has 4 nitrogen and oxygen atoms in total. The van der Waals surface area contributed by atoms with Gasteiger partial charge in [0.05, 0.1) is 0 Å². The summed E-state index contributed by atoms with van der Waals surface area (Å²) in [6.45, 7) is 2.11. The first kappa shape index (κ1) is 10.3. The van der Waals surface area contributed by atoms with Crippen molar-refractivity contribution in [2.24, 2.45) is 7.05 Å². The lowest BCUT2D eigenvalue weighted by Crippen LogP contribution is -1.85. The van der Waals surface area contributed by atoms with Crippen LogP contribution in [0.5, 0.6) is 0 Å². The second-order valence-electron chi connectivity index (χ2n) is 4.17. The fraction of sp³-hybridized carbons (Fsp3) is 0.167. The minimum absolute atomic E-state index is 0.477. The Kier molecular flexibility index (Phi) is 2.16. The van der Waals surface area contributed by atoms with Gasteiger partial charge >= 0.3 is 0 Å². The number of hydrogen-bond donors (Lipinski definition) is 2. The van der Waals surface area contributed by atoms with Crippen LogP contribution in [0, 0.1) is 11.7 Å². The summed E-state index contributed by atoms with van der Waals surface area (Å²) >= 11 is 4.96. The molecule has 0 amide bonds. The van der Waals surface area contributed by atoms with Gasteiger partial charge in [0.1, 0.15) is 0 Å². The van der Waals surface area contributed by atoms with Crippen molar-refractivity contribution < 1.29 is 0 Å². The lowest BCUT2D eigenvalue weighted by molar-refractivity contribution is 0.964. The number of nitrogens with zero attached hydrogens (tertiary/aromatic N) is 2. The van der Waals surface area contributed by atoms with Crippen LogP contribution in [0.1, 0.15) is 5.56 Å². The van der Waals surface area contributed by atoms with Crippen LogP contribution in [-0.2, 0) is 7.05 Å². The van der Waals surface area contributed by atoms with Crippen LogP contribution in [0.15, 0.2) is 24.4 Å². The smallest absolute Gasteiger partial charge is 0.213 e. The molecule has 1 aromatic carbocycles. The molecule has 0 fully saturated rings. The lowest BCUT2D eigenvalue weighted by atomic mass is 10.1. The summed E-state index contributed by atoms with van der Waals surface area (Å²) in [7, 11) is 2.05. The summed E-state index contributed by atoms with van der Waals surface area (Å²) in [4.78, 5) is 4.22. The first-order valence-corrected chi connectivity index (χ1v) is 5.77. The summed E-state index contributed by atoms with van der Waals surface area (Å²) in [6.07, 6.45) is 2.13. The van der Waals surface area contributed by atoms with Crippen molar-refractivity contribution in [3.8, 4) is 11.4 Å². The van der Waals surface area contributed by atoms with E-state index >= 15 is 0 Å². The molecule has 0 saturated carbocycles. The lowest BCUT2D eigenvalue weighted by Gasteiger charge is -1.99. The molecular formula is C12H12N4S. The van der Waals surface area contributed by atoms with E-state index < -0.39 is 0 Å². The molecule has 0 saturated heterocycles. The highest BCUT2D eigenvalue weighted by Crippen LogP contribution is 2.25. The van der Waals surface area contributed by atoms with Crippen molar-refractivity contribution in [1.82, 2.24) is 19.7 Å². The van der Waals surface area contributed by atoms with E-state index in [0.29, 0.717) is 4.77 Å². The Labute approximate surface area is 103 Å². The van der Waals surface area contributed by atoms with Crippen LogP contribution in [0.4, 0.5) is 0 Å². The highest BCUT2D eigenvalue weighted by atomic mass is 32.1. The van der Waals surface area contributed by atoms with Crippen molar-refractivity contribution in [3.63, 3.8) is 0 Å². The zero-order valence-corrected chi connectivity index (χ0v) is 10.4. The molecule has 0 aliphatic rings. The predicted octanol–water partition coefficient (Wildman–Crippen LogP) is 2.93. The molecule has 0 bridgehead atoms. The summed E-state index contributed by atoms with van der Waals surface area (Å²) in [6, 6.07) is 6.28. The number of H-pyrrole nitrogens is 2. The molecule has 0 unspecified atom stereocenters. The second-order valence-corrected chi connectivity index (χ2v) is 4.56. The van der Waals surface area contributed by atoms with E-state index in [4.69, 9.17) is 12.2 Å². The van der Waals surface area contributed by atoms with Gasteiger partial charge in [0.2, 0.25) is 4.77 Å². The molecule has 3 aromatic rings. The molecule has 0 aliphatic heterocycles. The maximum atomic E-state index is 4.96. The fourth-order valence-electron chi connectivity index (χ4n) is 2.14. The van der Waals surface area contributed by atoms with Crippen molar-refractivity contribution in [3.05, 3.63) is 34.7 Å². The van der Waals surface area contributed by atoms with Gasteiger partial charge in [-0.25, -0.2) is 0 Å². The van der Waals surface area contributed by atoms with Crippen LogP contribution in [0.3, 0.4) is 0 Å². The normalized spacial score (nSPS) is 11.2. The average molecular weight is 244 g/mol. The molecule has 0 aliphatic carbocycles. The van der Waals surface area contributed by atoms with Gasteiger partial charge in [-0.15, -0.1) is 0 Å². The maximum absolute atomic E-state index is 4.96. The van der Waals surface area contributed by atoms with Crippen LogP contribution in [-0.4, -0.2) is 19.7 Å². The monoisotopic (exact) mass is 244 g/mol. The van der Waals surface area contributed by atoms with E-state index in [2.05, 4.69) is 52.0 Å². The van der Waals surface area contributed by atoms with Crippen LogP contribution in [0.2, 0.25) is 0 Å². The van der Waals surface area contributed by atoms with E-state index in [0.717, 1.165) is 11.4 Å². The van der Waals surface area contributed by atoms with Gasteiger partial charge < -0.3 is 4.57 Å². The molecule has 2 heterocycles. The molecular weight excluding hydrogens is 232 g/mol. The number of rotatable bonds is 1. The van der Waals surface area contributed by atoms with Crippen molar-refractivity contribution in [2.45, 2.75) is 6.92 Å². The highest BCUT2D eigenvalue weighted by molar-refractivity contribution is 7.71. The Morgan fingerprint density at radius 2 is 2.12 bits per heavy atom. The molecule has 0 atom stereocenters. The van der Waals surface area contributed by atoms with Gasteiger partial charge in [0, 0.05) is 29.7 Å². The molecule has 86 valence electrons. The largest absolute Gasteiger partial charge is 0.350 e. The van der Waals surface area contributed by atoms with E-state index in [1.165, 1.54) is 16.5 Å². The fourth-order valence-corrected chi connectivity index (χ4v) is 2.29. The Morgan fingerprint density at radius 1 is 1.29 bits per heavy atom. The zero-order valence-electron chi connectivity index (χ0n) is 9.61. The summed E-state index contributed by atoms with van der Waals surface area (Å²) in [5, 5.41) is 7.02. The maximum Gasteiger partial charge on any atom is 0.213 e. The third-order valence-corrected chi connectivity index (χ3v) is 3.16. The molecule has 17 heavy (non-hydrogen) atoms. The van der Waals surface area contributed by atoms with Gasteiger partial charge in [0.25, 0.3) is 0 Å². The van der Waals surface area contributed by atoms with E-state index in [1.54, 1.807) is 0 Å². The molecule has 2 N–H and O–H groups in total. The Bertz CT molecular complexity index is 747. The molecule has 3 rings (SSSR count). The second kappa shape index (κ2) is 3.56. The standard InChI is InChI=1S/C12H12N4S/c1-7-6-16(2)10-4-3-8(5-9(7)10)11-13-12(17)15-14-11/h3-6H,1-2H3,(H2,13,14,15,17). The van der Waals surface area contributed by atoms with Crippen LogP contribution >= 0.6 is 12.2 Å². The number of benzene rings is 1. The van der Waals surface area contributed by atoms with Crippen molar-refractivity contribution >= 4 is 23.1 Å². The predicted molar refractivity (Wildman–Crippen MR) is 70.4 cm³/mol. The topological polar surface area (TPSA) is 49.4 Å².